The van der Waals surface area contributed by atoms with E-state index in [2.05, 4.69) is 20.2 Å². The number of nitrogens with one attached hydrogen (secondary N) is 1. The van der Waals surface area contributed by atoms with E-state index < -0.39 is 21.7 Å². The van der Waals surface area contributed by atoms with Crippen molar-refractivity contribution in [2.45, 2.75) is 18.0 Å². The molecule has 3 aromatic heterocycles. The van der Waals surface area contributed by atoms with Crippen LogP contribution < -0.4 is 5.73 Å². The van der Waals surface area contributed by atoms with E-state index in [4.69, 9.17) is 5.73 Å². The molecule has 0 atom stereocenters. The van der Waals surface area contributed by atoms with Gasteiger partial charge in [-0.1, -0.05) is 6.92 Å². The van der Waals surface area contributed by atoms with Gasteiger partial charge in [-0.2, -0.15) is 18.3 Å². The number of hydrogen-bond acceptors (Lipinski definition) is 6. The number of rotatable bonds is 3. The molecule has 0 spiro atoms. The number of aromatic nitrogens is 5. The third kappa shape index (κ3) is 2.58. The number of sulfone groups is 1. The molecule has 8 nitrogen and oxygen atoms in total. The van der Waals surface area contributed by atoms with Crippen LogP contribution in [-0.2, 0) is 16.0 Å². The molecular formula is C12H11F3N6O2S. The molecule has 3 rings (SSSR count). The van der Waals surface area contributed by atoms with Gasteiger partial charge in [0.15, 0.2) is 9.84 Å². The van der Waals surface area contributed by atoms with Crippen molar-refractivity contribution in [2.75, 3.05) is 11.5 Å². The average molecular weight is 360 g/mol. The molecule has 3 heterocycles. The first kappa shape index (κ1) is 16.2. The molecule has 12 heteroatoms. The summed E-state index contributed by atoms with van der Waals surface area (Å²) >= 11 is 0. The number of hydrogen-bond donors (Lipinski definition) is 2. The maximum atomic E-state index is 12.7. The fraction of sp³-hybridized carbons (Fsp3) is 0.250. The van der Waals surface area contributed by atoms with Gasteiger partial charge in [0.25, 0.3) is 0 Å². The topological polar surface area (TPSA) is 119 Å². The Morgan fingerprint density at radius 1 is 1.38 bits per heavy atom. The molecule has 0 aromatic carbocycles. The highest BCUT2D eigenvalue weighted by Gasteiger charge is 2.33. The van der Waals surface area contributed by atoms with Gasteiger partial charge >= 0.3 is 6.18 Å². The molecule has 128 valence electrons. The van der Waals surface area contributed by atoms with Crippen LogP contribution in [0.3, 0.4) is 0 Å². The van der Waals surface area contributed by atoms with Gasteiger partial charge in [0.2, 0.25) is 0 Å². The first-order valence-corrected chi connectivity index (χ1v) is 8.27. The molecule has 0 saturated carbocycles. The molecule has 0 bridgehead atoms. The Kier molecular flexibility index (Phi) is 3.51. The van der Waals surface area contributed by atoms with Crippen LogP contribution in [0.2, 0.25) is 0 Å². The van der Waals surface area contributed by atoms with Gasteiger partial charge in [-0.3, -0.25) is 9.50 Å². The SMILES string of the molecule is CCS(=O)(=O)c1c(-c2cn3cnc(C(F)(F)F)cc3n2)n[nH]c1N. The van der Waals surface area contributed by atoms with Gasteiger partial charge in [-0.15, -0.1) is 0 Å². The highest BCUT2D eigenvalue weighted by atomic mass is 32.2. The predicted octanol–water partition coefficient (Wildman–Crippen LogP) is 1.51. The lowest BCUT2D eigenvalue weighted by Gasteiger charge is -2.04. The van der Waals surface area contributed by atoms with Gasteiger partial charge in [-0.25, -0.2) is 18.4 Å². The minimum absolute atomic E-state index is 0.0475. The van der Waals surface area contributed by atoms with E-state index in [1.54, 1.807) is 0 Å². The molecular weight excluding hydrogens is 349 g/mol. The second-order valence-electron chi connectivity index (χ2n) is 4.88. The van der Waals surface area contributed by atoms with Crippen molar-refractivity contribution in [3.8, 4) is 11.4 Å². The average Bonchev–Trinajstić information content (AvgIpc) is 3.08. The Morgan fingerprint density at radius 2 is 2.08 bits per heavy atom. The molecule has 0 saturated heterocycles. The molecule has 3 aromatic rings. The summed E-state index contributed by atoms with van der Waals surface area (Å²) in [5, 5.41) is 6.18. The van der Waals surface area contributed by atoms with Crippen molar-refractivity contribution in [3.63, 3.8) is 0 Å². The number of aromatic amines is 1. The predicted molar refractivity (Wildman–Crippen MR) is 77.7 cm³/mol. The van der Waals surface area contributed by atoms with E-state index in [9.17, 15) is 21.6 Å². The smallest absolute Gasteiger partial charge is 0.383 e. The summed E-state index contributed by atoms with van der Waals surface area (Å²) in [4.78, 5) is 7.08. The zero-order chi connectivity index (χ0) is 17.7. The number of nitrogens with zero attached hydrogens (tertiary/aromatic N) is 4. The Morgan fingerprint density at radius 3 is 2.71 bits per heavy atom. The number of nitrogens with two attached hydrogens (primary N) is 1. The van der Waals surface area contributed by atoms with E-state index in [1.165, 1.54) is 17.5 Å². The third-order valence-electron chi connectivity index (χ3n) is 3.32. The maximum Gasteiger partial charge on any atom is 0.433 e. The normalized spacial score (nSPS) is 12.8. The fourth-order valence-electron chi connectivity index (χ4n) is 2.14. The summed E-state index contributed by atoms with van der Waals surface area (Å²) in [6, 6.07) is 0.757. The van der Waals surface area contributed by atoms with Crippen molar-refractivity contribution in [1.82, 2.24) is 24.6 Å². The Bertz CT molecular complexity index is 1020. The highest BCUT2D eigenvalue weighted by molar-refractivity contribution is 7.91. The summed E-state index contributed by atoms with van der Waals surface area (Å²) in [5.74, 6) is -0.366. The van der Waals surface area contributed by atoms with E-state index in [-0.39, 0.29) is 33.5 Å². The Labute approximate surface area is 133 Å². The molecule has 3 N–H and O–H groups in total. The summed E-state index contributed by atoms with van der Waals surface area (Å²) < 4.78 is 63.6. The van der Waals surface area contributed by atoms with Crippen molar-refractivity contribution < 1.29 is 21.6 Å². The lowest BCUT2D eigenvalue weighted by molar-refractivity contribution is -0.141. The zero-order valence-electron chi connectivity index (χ0n) is 12.2. The second-order valence-corrected chi connectivity index (χ2v) is 7.10. The van der Waals surface area contributed by atoms with Gasteiger partial charge in [0, 0.05) is 12.3 Å². The summed E-state index contributed by atoms with van der Waals surface area (Å²) in [6.07, 6.45) is -2.34. The van der Waals surface area contributed by atoms with E-state index >= 15 is 0 Å². The van der Waals surface area contributed by atoms with Gasteiger partial charge < -0.3 is 5.73 Å². The number of anilines is 1. The van der Waals surface area contributed by atoms with E-state index in [1.807, 2.05) is 0 Å². The number of imidazole rings is 1. The molecule has 0 fully saturated rings. The number of alkyl halides is 3. The Hall–Kier alpha value is -2.63. The molecule has 24 heavy (non-hydrogen) atoms. The van der Waals surface area contributed by atoms with Crippen LogP contribution in [0.5, 0.6) is 0 Å². The lowest BCUT2D eigenvalue weighted by Crippen LogP contribution is -2.08. The van der Waals surface area contributed by atoms with Crippen molar-refractivity contribution in [3.05, 3.63) is 24.3 Å². The molecule has 0 aliphatic carbocycles. The van der Waals surface area contributed by atoms with E-state index in [0.717, 1.165) is 12.4 Å². The van der Waals surface area contributed by atoms with Crippen LogP contribution in [-0.4, -0.2) is 38.7 Å². The Balaban J connectivity index is 2.19. The summed E-state index contributed by atoms with van der Waals surface area (Å²) in [5.41, 5.74) is 4.49. The monoisotopic (exact) mass is 360 g/mol. The van der Waals surface area contributed by atoms with Crippen LogP contribution in [0.25, 0.3) is 17.0 Å². The largest absolute Gasteiger partial charge is 0.433 e. The molecule has 0 unspecified atom stereocenters. The number of nitrogen functional groups attached to an aromatic ring is 1. The van der Waals surface area contributed by atoms with Crippen molar-refractivity contribution in [2.24, 2.45) is 0 Å². The number of halogens is 3. The number of fused-ring (bicyclic) bond motifs is 1. The molecule has 0 aliphatic heterocycles. The standard InChI is InChI=1S/C12H11F3N6O2S/c1-2-24(22,23)10-9(19-20-11(10)16)6-4-21-5-17-7(12(13,14)15)3-8(21)18-6/h3-5H,2H2,1H3,(H3,16,19,20). The van der Waals surface area contributed by atoms with Crippen LogP contribution in [0.4, 0.5) is 19.0 Å². The second kappa shape index (κ2) is 5.19. The van der Waals surface area contributed by atoms with Gasteiger partial charge in [-0.05, 0) is 0 Å². The number of H-pyrrole nitrogens is 1. The van der Waals surface area contributed by atoms with Crippen LogP contribution in [0.15, 0.2) is 23.5 Å². The summed E-state index contributed by atoms with van der Waals surface area (Å²) in [7, 11) is -3.70. The molecule has 0 radical (unpaired) electrons. The minimum atomic E-state index is -4.61. The van der Waals surface area contributed by atoms with Crippen LogP contribution >= 0.6 is 0 Å². The van der Waals surface area contributed by atoms with Crippen LogP contribution in [0, 0.1) is 0 Å². The summed E-state index contributed by atoms with van der Waals surface area (Å²) in [6.45, 7) is 1.44. The van der Waals surface area contributed by atoms with Crippen LogP contribution in [0.1, 0.15) is 12.6 Å². The molecule has 0 aliphatic rings. The van der Waals surface area contributed by atoms with Crippen molar-refractivity contribution in [1.29, 1.82) is 0 Å². The zero-order valence-corrected chi connectivity index (χ0v) is 13.0. The fourth-order valence-corrected chi connectivity index (χ4v) is 3.25. The lowest BCUT2D eigenvalue weighted by atomic mass is 10.3. The third-order valence-corrected chi connectivity index (χ3v) is 5.12. The molecule has 0 amide bonds. The quantitative estimate of drug-likeness (QED) is 0.731. The van der Waals surface area contributed by atoms with Crippen molar-refractivity contribution >= 4 is 21.3 Å². The maximum absolute atomic E-state index is 12.7. The first-order valence-electron chi connectivity index (χ1n) is 6.62. The highest BCUT2D eigenvalue weighted by Crippen LogP contribution is 2.31. The first-order chi connectivity index (χ1) is 11.1. The van der Waals surface area contributed by atoms with Gasteiger partial charge in [0.05, 0.1) is 5.75 Å². The van der Waals surface area contributed by atoms with E-state index in [0.29, 0.717) is 0 Å². The minimum Gasteiger partial charge on any atom is -0.383 e. The van der Waals surface area contributed by atoms with Gasteiger partial charge in [0.1, 0.15) is 39.8 Å².